The van der Waals surface area contributed by atoms with Gasteiger partial charge in [0.05, 0.1) is 0 Å². The summed E-state index contributed by atoms with van der Waals surface area (Å²) in [5.74, 6) is 0.188. The first kappa shape index (κ1) is 14.3. The van der Waals surface area contributed by atoms with Crippen molar-refractivity contribution in [3.8, 4) is 0 Å². The smallest absolute Gasteiger partial charge is 0.245 e. The van der Waals surface area contributed by atoms with E-state index in [0.29, 0.717) is 0 Å². The second-order valence-corrected chi connectivity index (χ2v) is 6.29. The molecule has 0 spiro atoms. The lowest BCUT2D eigenvalue weighted by atomic mass is 10.1. The fourth-order valence-corrected chi connectivity index (χ4v) is 3.54. The number of hydrogen-bond donors (Lipinski definition) is 1. The van der Waals surface area contributed by atoms with Crippen LogP contribution in [0.4, 0.5) is 0 Å². The lowest BCUT2D eigenvalue weighted by Crippen LogP contribution is -2.30. The largest absolute Gasteiger partial charge is 0.320 e. The Kier molecular flexibility index (Phi) is 4.36. The van der Waals surface area contributed by atoms with Crippen molar-refractivity contribution in [2.45, 2.75) is 32.0 Å². The van der Waals surface area contributed by atoms with Gasteiger partial charge in [-0.2, -0.15) is 0 Å². The minimum absolute atomic E-state index is 0.00857. The van der Waals surface area contributed by atoms with E-state index in [1.165, 1.54) is 4.88 Å². The maximum Gasteiger partial charge on any atom is 0.245 e. The third-order valence-electron chi connectivity index (χ3n) is 3.86. The molecule has 1 aliphatic rings. The van der Waals surface area contributed by atoms with Crippen molar-refractivity contribution in [3.05, 3.63) is 58.3 Å². The first-order valence-corrected chi connectivity index (χ1v) is 8.34. The fraction of sp³-hybridized carbons (Fsp3) is 0.353. The highest BCUT2D eigenvalue weighted by molar-refractivity contribution is 7.10. The summed E-state index contributed by atoms with van der Waals surface area (Å²) >= 11 is 1.70. The number of carbonyl (C=O) groups is 1. The zero-order valence-corrected chi connectivity index (χ0v) is 13.0. The van der Waals surface area contributed by atoms with Gasteiger partial charge in [0.15, 0.2) is 0 Å². The molecule has 0 bridgehead atoms. The summed E-state index contributed by atoms with van der Waals surface area (Å²) in [6.07, 6.45) is 2.14. The first-order chi connectivity index (χ1) is 10.3. The molecule has 1 saturated heterocycles. The van der Waals surface area contributed by atoms with E-state index in [1.807, 2.05) is 41.3 Å². The van der Waals surface area contributed by atoms with E-state index >= 15 is 0 Å². The summed E-state index contributed by atoms with van der Waals surface area (Å²) in [5, 5.41) is 5.57. The molecule has 110 valence electrons. The molecule has 3 nitrogen and oxygen atoms in total. The molecular weight excluding hydrogens is 280 g/mol. The molecule has 1 aromatic heterocycles. The molecular formula is C17H20N2OS. The first-order valence-electron chi connectivity index (χ1n) is 7.46. The zero-order chi connectivity index (χ0) is 14.7. The van der Waals surface area contributed by atoms with Gasteiger partial charge in [-0.3, -0.25) is 10.1 Å². The van der Waals surface area contributed by atoms with Gasteiger partial charge >= 0.3 is 0 Å². The lowest BCUT2D eigenvalue weighted by Gasteiger charge is -2.22. The van der Waals surface area contributed by atoms with Crippen LogP contribution in [-0.2, 0) is 4.79 Å². The van der Waals surface area contributed by atoms with E-state index in [0.717, 1.165) is 24.9 Å². The van der Waals surface area contributed by atoms with Gasteiger partial charge in [-0.05, 0) is 23.4 Å². The molecule has 0 saturated carbocycles. The standard InChI is InChI=1S/C17H20N2OS/c1-2-3-11-19-16(14-10-7-12-21-14)18-15(17(19)20)13-8-5-4-6-9-13/h4-10,12,15-16,18H,2-3,11H2,1H3. The molecule has 3 rings (SSSR count). The van der Waals surface area contributed by atoms with Crippen LogP contribution >= 0.6 is 11.3 Å². The third-order valence-corrected chi connectivity index (χ3v) is 4.79. The second kappa shape index (κ2) is 6.41. The molecule has 1 amide bonds. The molecule has 1 fully saturated rings. The third kappa shape index (κ3) is 2.87. The number of hydrogen-bond acceptors (Lipinski definition) is 3. The molecule has 21 heavy (non-hydrogen) atoms. The Balaban J connectivity index is 1.87. The Morgan fingerprint density at radius 2 is 2.00 bits per heavy atom. The van der Waals surface area contributed by atoms with Gasteiger partial charge in [-0.1, -0.05) is 49.7 Å². The maximum atomic E-state index is 12.8. The Labute approximate surface area is 129 Å². The van der Waals surface area contributed by atoms with E-state index in [1.54, 1.807) is 11.3 Å². The van der Waals surface area contributed by atoms with Crippen molar-refractivity contribution in [3.63, 3.8) is 0 Å². The van der Waals surface area contributed by atoms with E-state index in [-0.39, 0.29) is 18.1 Å². The number of rotatable bonds is 5. The summed E-state index contributed by atoms with van der Waals surface area (Å²) in [6, 6.07) is 13.9. The Morgan fingerprint density at radius 1 is 1.19 bits per heavy atom. The second-order valence-electron chi connectivity index (χ2n) is 5.31. The molecule has 1 aliphatic heterocycles. The van der Waals surface area contributed by atoms with Crippen LogP contribution in [0, 0.1) is 0 Å². The van der Waals surface area contributed by atoms with Gasteiger partial charge in [0.25, 0.3) is 0 Å². The molecule has 0 aliphatic carbocycles. The molecule has 2 aromatic rings. The molecule has 1 aromatic carbocycles. The molecule has 1 N–H and O–H groups in total. The minimum Gasteiger partial charge on any atom is -0.320 e. The summed E-state index contributed by atoms with van der Waals surface area (Å²) in [4.78, 5) is 16.0. The minimum atomic E-state index is -0.227. The quantitative estimate of drug-likeness (QED) is 0.912. The van der Waals surface area contributed by atoms with Crippen LogP contribution in [-0.4, -0.2) is 17.4 Å². The van der Waals surface area contributed by atoms with E-state index in [2.05, 4.69) is 23.7 Å². The topological polar surface area (TPSA) is 32.3 Å². The highest BCUT2D eigenvalue weighted by Crippen LogP contribution is 2.34. The summed E-state index contributed by atoms with van der Waals surface area (Å²) in [6.45, 7) is 2.97. The molecule has 0 radical (unpaired) electrons. The summed E-state index contributed by atoms with van der Waals surface area (Å²) in [5.41, 5.74) is 1.04. The van der Waals surface area contributed by atoms with Gasteiger partial charge < -0.3 is 4.90 Å². The van der Waals surface area contributed by atoms with Crippen LogP contribution in [0.3, 0.4) is 0 Å². The number of nitrogens with one attached hydrogen (secondary N) is 1. The monoisotopic (exact) mass is 300 g/mol. The van der Waals surface area contributed by atoms with Crippen LogP contribution < -0.4 is 5.32 Å². The van der Waals surface area contributed by atoms with Crippen LogP contribution in [0.2, 0.25) is 0 Å². The Morgan fingerprint density at radius 3 is 2.67 bits per heavy atom. The predicted octanol–water partition coefficient (Wildman–Crippen LogP) is 3.72. The lowest BCUT2D eigenvalue weighted by molar-refractivity contribution is -0.130. The maximum absolute atomic E-state index is 12.8. The van der Waals surface area contributed by atoms with Crippen molar-refractivity contribution in [1.29, 1.82) is 0 Å². The SMILES string of the molecule is CCCCN1C(=O)C(c2ccccc2)NC1c1cccs1. The summed E-state index contributed by atoms with van der Waals surface area (Å²) in [7, 11) is 0. The fourth-order valence-electron chi connectivity index (χ4n) is 2.75. The predicted molar refractivity (Wildman–Crippen MR) is 86.0 cm³/mol. The van der Waals surface area contributed by atoms with Gasteiger partial charge in [0, 0.05) is 11.4 Å². The van der Waals surface area contributed by atoms with Crippen LogP contribution in [0.25, 0.3) is 0 Å². The Hall–Kier alpha value is -1.65. The highest BCUT2D eigenvalue weighted by Gasteiger charge is 2.40. The van der Waals surface area contributed by atoms with E-state index < -0.39 is 0 Å². The molecule has 2 heterocycles. The summed E-state index contributed by atoms with van der Waals surface area (Å²) < 4.78 is 0. The van der Waals surface area contributed by atoms with Gasteiger partial charge in [-0.15, -0.1) is 11.3 Å². The number of benzene rings is 1. The molecule has 2 unspecified atom stereocenters. The van der Waals surface area contributed by atoms with Gasteiger partial charge in [0.2, 0.25) is 5.91 Å². The van der Waals surface area contributed by atoms with Gasteiger partial charge in [-0.25, -0.2) is 0 Å². The number of carbonyl (C=O) groups excluding carboxylic acids is 1. The number of nitrogens with zero attached hydrogens (tertiary/aromatic N) is 1. The Bertz CT molecular complexity index is 582. The number of unbranched alkanes of at least 4 members (excludes halogenated alkanes) is 1. The van der Waals surface area contributed by atoms with Crippen molar-refractivity contribution < 1.29 is 4.79 Å². The highest BCUT2D eigenvalue weighted by atomic mass is 32.1. The van der Waals surface area contributed by atoms with Gasteiger partial charge in [0.1, 0.15) is 12.2 Å². The van der Waals surface area contributed by atoms with E-state index in [9.17, 15) is 4.79 Å². The molecule has 4 heteroatoms. The number of amides is 1. The average Bonchev–Trinajstić information content (AvgIpc) is 3.14. The van der Waals surface area contributed by atoms with Crippen LogP contribution in [0.5, 0.6) is 0 Å². The van der Waals surface area contributed by atoms with Crippen molar-refractivity contribution in [2.75, 3.05) is 6.54 Å². The normalized spacial score (nSPS) is 22.0. The average molecular weight is 300 g/mol. The van der Waals surface area contributed by atoms with Crippen LogP contribution in [0.15, 0.2) is 47.8 Å². The number of thiophene rings is 1. The zero-order valence-electron chi connectivity index (χ0n) is 12.2. The van der Waals surface area contributed by atoms with Crippen molar-refractivity contribution in [2.24, 2.45) is 0 Å². The molecule has 2 atom stereocenters. The van der Waals surface area contributed by atoms with Crippen LogP contribution in [0.1, 0.15) is 42.4 Å². The van der Waals surface area contributed by atoms with Crippen molar-refractivity contribution >= 4 is 17.2 Å². The van der Waals surface area contributed by atoms with Crippen molar-refractivity contribution in [1.82, 2.24) is 10.2 Å². The van der Waals surface area contributed by atoms with E-state index in [4.69, 9.17) is 0 Å².